The molecule has 8 heteroatoms. The molecule has 0 unspecified atom stereocenters. The molecule has 2 aromatic carbocycles. The number of fused-ring (bicyclic) bond motifs is 1. The monoisotopic (exact) mass is 405 g/mol. The average molecular weight is 405 g/mol. The number of carbonyl (C=O) groups is 2. The highest BCUT2D eigenvalue weighted by atomic mass is 16.5. The molecule has 0 spiro atoms. The first kappa shape index (κ1) is 20.2. The molecule has 1 saturated heterocycles. The summed E-state index contributed by atoms with van der Waals surface area (Å²) in [6.07, 6.45) is 1.80. The fraction of sp³-hybridized carbons (Fsp3) is 0.273. The Morgan fingerprint density at radius 2 is 2.00 bits per heavy atom. The molecule has 30 heavy (non-hydrogen) atoms. The summed E-state index contributed by atoms with van der Waals surface area (Å²) in [7, 11) is -1.37. The van der Waals surface area contributed by atoms with E-state index in [9.17, 15) is 14.6 Å². The third-order valence-corrected chi connectivity index (χ3v) is 5.82. The topological polar surface area (TPSA) is 109 Å². The molecule has 7 nitrogen and oxygen atoms in total. The van der Waals surface area contributed by atoms with E-state index in [2.05, 4.69) is 21.8 Å². The number of nitrogens with two attached hydrogens (primary N) is 1. The SMILES string of the molecule is NCc1cccc(C2CCN(C(=O)c3cc4c(B(O)OC=O)cccc4[nH]3)CC2)c1. The number of benzene rings is 2. The summed E-state index contributed by atoms with van der Waals surface area (Å²) in [5, 5.41) is 10.7. The number of piperidine rings is 1. The van der Waals surface area contributed by atoms with Gasteiger partial charge in [0, 0.05) is 36.0 Å². The Hall–Kier alpha value is -3.10. The van der Waals surface area contributed by atoms with E-state index in [0.29, 0.717) is 47.6 Å². The highest BCUT2D eigenvalue weighted by Gasteiger charge is 2.27. The third-order valence-electron chi connectivity index (χ3n) is 5.82. The number of amides is 1. The van der Waals surface area contributed by atoms with Crippen LogP contribution in [-0.2, 0) is 16.0 Å². The van der Waals surface area contributed by atoms with Gasteiger partial charge in [0.15, 0.2) is 0 Å². The molecule has 0 atom stereocenters. The van der Waals surface area contributed by atoms with E-state index in [-0.39, 0.29) is 12.4 Å². The maximum absolute atomic E-state index is 13.0. The lowest BCUT2D eigenvalue weighted by molar-refractivity contribution is -0.121. The van der Waals surface area contributed by atoms with Crippen LogP contribution in [0.4, 0.5) is 0 Å². The molecule has 0 aliphatic carbocycles. The molecule has 1 aliphatic rings. The molecule has 1 amide bonds. The van der Waals surface area contributed by atoms with Crippen molar-refractivity contribution >= 4 is 35.9 Å². The number of carbonyl (C=O) groups excluding carboxylic acids is 2. The normalized spacial score (nSPS) is 14.7. The molecule has 3 aromatic rings. The van der Waals surface area contributed by atoms with Crippen molar-refractivity contribution in [1.29, 1.82) is 0 Å². The van der Waals surface area contributed by atoms with Crippen LogP contribution >= 0.6 is 0 Å². The Balaban J connectivity index is 1.48. The molecule has 0 saturated carbocycles. The average Bonchev–Trinajstić information content (AvgIpc) is 3.23. The van der Waals surface area contributed by atoms with Gasteiger partial charge in [-0.05, 0) is 42.0 Å². The molecule has 154 valence electrons. The lowest BCUT2D eigenvalue weighted by atomic mass is 9.77. The van der Waals surface area contributed by atoms with Gasteiger partial charge in [-0.3, -0.25) is 9.59 Å². The second-order valence-corrected chi connectivity index (χ2v) is 7.59. The predicted octanol–water partition coefficient (Wildman–Crippen LogP) is 1.51. The fourth-order valence-electron chi connectivity index (χ4n) is 4.20. The number of hydrogen-bond acceptors (Lipinski definition) is 5. The van der Waals surface area contributed by atoms with Gasteiger partial charge in [-0.2, -0.15) is 0 Å². The Morgan fingerprint density at radius 1 is 1.23 bits per heavy atom. The van der Waals surface area contributed by atoms with Crippen molar-refractivity contribution in [1.82, 2.24) is 9.88 Å². The zero-order valence-corrected chi connectivity index (χ0v) is 16.6. The van der Waals surface area contributed by atoms with Gasteiger partial charge in [-0.1, -0.05) is 36.4 Å². The van der Waals surface area contributed by atoms with Gasteiger partial charge in [-0.25, -0.2) is 0 Å². The summed E-state index contributed by atoms with van der Waals surface area (Å²) in [4.78, 5) is 28.6. The van der Waals surface area contributed by atoms with E-state index in [1.54, 1.807) is 18.2 Å². The Bertz CT molecular complexity index is 1060. The highest BCUT2D eigenvalue weighted by molar-refractivity contribution is 6.64. The molecular weight excluding hydrogens is 381 g/mol. The second kappa shape index (κ2) is 8.73. The van der Waals surface area contributed by atoms with Gasteiger partial charge >= 0.3 is 7.12 Å². The summed E-state index contributed by atoms with van der Waals surface area (Å²) in [5.41, 5.74) is 9.77. The van der Waals surface area contributed by atoms with Crippen LogP contribution < -0.4 is 11.2 Å². The number of H-pyrrole nitrogens is 1. The summed E-state index contributed by atoms with van der Waals surface area (Å²) < 4.78 is 4.65. The minimum Gasteiger partial charge on any atom is -0.508 e. The summed E-state index contributed by atoms with van der Waals surface area (Å²) in [6, 6.07) is 15.3. The van der Waals surface area contributed by atoms with Crippen LogP contribution in [0.15, 0.2) is 48.5 Å². The number of hydrogen-bond donors (Lipinski definition) is 3. The van der Waals surface area contributed by atoms with Crippen molar-refractivity contribution in [3.05, 3.63) is 65.4 Å². The molecule has 1 aliphatic heterocycles. The number of likely N-dealkylation sites (tertiary alicyclic amines) is 1. The van der Waals surface area contributed by atoms with E-state index in [4.69, 9.17) is 5.73 Å². The van der Waals surface area contributed by atoms with Crippen molar-refractivity contribution in [3.63, 3.8) is 0 Å². The first-order chi connectivity index (χ1) is 14.6. The molecule has 2 heterocycles. The predicted molar refractivity (Wildman–Crippen MR) is 115 cm³/mol. The first-order valence-electron chi connectivity index (χ1n) is 10.1. The zero-order valence-electron chi connectivity index (χ0n) is 16.6. The number of nitrogens with one attached hydrogen (secondary N) is 1. The van der Waals surface area contributed by atoms with Crippen molar-refractivity contribution < 1.29 is 19.3 Å². The van der Waals surface area contributed by atoms with E-state index in [0.717, 1.165) is 18.4 Å². The van der Waals surface area contributed by atoms with Crippen LogP contribution in [0, 0.1) is 0 Å². The molecule has 4 N–H and O–H groups in total. The summed E-state index contributed by atoms with van der Waals surface area (Å²) >= 11 is 0. The minimum atomic E-state index is -1.37. The van der Waals surface area contributed by atoms with Crippen LogP contribution in [-0.4, -0.2) is 47.5 Å². The maximum Gasteiger partial charge on any atom is 0.562 e. The van der Waals surface area contributed by atoms with Crippen LogP contribution in [0.3, 0.4) is 0 Å². The van der Waals surface area contributed by atoms with Crippen molar-refractivity contribution in [3.8, 4) is 0 Å². The van der Waals surface area contributed by atoms with E-state index in [1.807, 2.05) is 23.1 Å². The first-order valence-corrected chi connectivity index (χ1v) is 10.1. The third kappa shape index (κ3) is 3.97. The van der Waals surface area contributed by atoms with Crippen molar-refractivity contribution in [2.45, 2.75) is 25.3 Å². The Morgan fingerprint density at radius 3 is 2.73 bits per heavy atom. The lowest BCUT2D eigenvalue weighted by Crippen LogP contribution is -2.38. The Labute approximate surface area is 175 Å². The number of aromatic nitrogens is 1. The lowest BCUT2D eigenvalue weighted by Gasteiger charge is -2.32. The van der Waals surface area contributed by atoms with E-state index in [1.165, 1.54) is 5.56 Å². The van der Waals surface area contributed by atoms with Crippen LogP contribution in [0.5, 0.6) is 0 Å². The minimum absolute atomic E-state index is 0.0721. The summed E-state index contributed by atoms with van der Waals surface area (Å²) in [6.45, 7) is 2.08. The molecule has 0 bridgehead atoms. The van der Waals surface area contributed by atoms with Gasteiger partial charge in [0.25, 0.3) is 12.4 Å². The molecule has 1 fully saturated rings. The van der Waals surface area contributed by atoms with Crippen molar-refractivity contribution in [2.24, 2.45) is 5.73 Å². The van der Waals surface area contributed by atoms with Gasteiger partial charge in [0.05, 0.1) is 0 Å². The van der Waals surface area contributed by atoms with Crippen LogP contribution in [0.1, 0.15) is 40.4 Å². The van der Waals surface area contributed by atoms with Gasteiger partial charge in [0.1, 0.15) is 5.69 Å². The number of aromatic amines is 1. The van der Waals surface area contributed by atoms with Gasteiger partial charge < -0.3 is 25.3 Å². The molecule has 4 rings (SSSR count). The largest absolute Gasteiger partial charge is 0.562 e. The zero-order chi connectivity index (χ0) is 21.1. The molecular formula is C22H24BN3O4. The highest BCUT2D eigenvalue weighted by Crippen LogP contribution is 2.29. The van der Waals surface area contributed by atoms with E-state index >= 15 is 0 Å². The quantitative estimate of drug-likeness (QED) is 0.426. The van der Waals surface area contributed by atoms with Gasteiger partial charge in [0.2, 0.25) is 0 Å². The fourth-order valence-corrected chi connectivity index (χ4v) is 4.20. The number of nitrogens with zero attached hydrogens (tertiary/aromatic N) is 1. The van der Waals surface area contributed by atoms with Crippen molar-refractivity contribution in [2.75, 3.05) is 13.1 Å². The number of rotatable bonds is 6. The molecule has 0 radical (unpaired) electrons. The van der Waals surface area contributed by atoms with Crippen LogP contribution in [0.2, 0.25) is 0 Å². The smallest absolute Gasteiger partial charge is 0.508 e. The summed E-state index contributed by atoms with van der Waals surface area (Å²) in [5.74, 6) is 0.350. The maximum atomic E-state index is 13.0. The Kier molecular flexibility index (Phi) is 5.87. The standard InChI is InChI=1S/C22H24BN3O4/c24-13-15-3-1-4-17(11-15)16-7-9-26(10-8-16)22(28)21-12-18-19(23(29)30-14-27)5-2-6-20(18)25-21/h1-6,11-12,14,16,25,29H,7-10,13,24H2. The van der Waals surface area contributed by atoms with Crippen LogP contribution in [0.25, 0.3) is 10.9 Å². The molecule has 1 aromatic heterocycles. The second-order valence-electron chi connectivity index (χ2n) is 7.59. The van der Waals surface area contributed by atoms with Gasteiger partial charge in [-0.15, -0.1) is 0 Å². The van der Waals surface area contributed by atoms with E-state index < -0.39 is 7.12 Å².